The molecule has 0 spiro atoms. The van der Waals surface area contributed by atoms with Crippen molar-refractivity contribution in [2.45, 2.75) is 52.2 Å². The highest BCUT2D eigenvalue weighted by molar-refractivity contribution is 6.04. The van der Waals surface area contributed by atoms with Gasteiger partial charge in [-0.2, -0.15) is 0 Å². The lowest BCUT2D eigenvalue weighted by Gasteiger charge is -2.36. The van der Waals surface area contributed by atoms with Gasteiger partial charge in [0.05, 0.1) is 5.69 Å². The van der Waals surface area contributed by atoms with Crippen LogP contribution in [0.25, 0.3) is 0 Å². The highest BCUT2D eigenvalue weighted by atomic mass is 16.5. The van der Waals surface area contributed by atoms with Gasteiger partial charge in [0.15, 0.2) is 6.10 Å². The number of likely N-dealkylation sites (tertiary alicyclic amines) is 1. The summed E-state index contributed by atoms with van der Waals surface area (Å²) >= 11 is 0. The molecule has 142 valence electrons. The summed E-state index contributed by atoms with van der Waals surface area (Å²) < 4.78 is 5.84. The zero-order valence-electron chi connectivity index (χ0n) is 15.9. The Hall–Kier alpha value is -2.08. The average molecular weight is 359 g/mol. The van der Waals surface area contributed by atoms with Crippen LogP contribution in [0.3, 0.4) is 0 Å². The van der Waals surface area contributed by atoms with Crippen molar-refractivity contribution in [3.63, 3.8) is 0 Å². The Balaban J connectivity index is 1.85. The van der Waals surface area contributed by atoms with Gasteiger partial charge in [0.1, 0.15) is 12.3 Å². The van der Waals surface area contributed by atoms with Gasteiger partial charge in [-0.05, 0) is 49.8 Å². The molecule has 2 aliphatic rings. The number of benzene rings is 1. The fourth-order valence-corrected chi connectivity index (χ4v) is 3.54. The molecule has 2 heterocycles. The van der Waals surface area contributed by atoms with Crippen LogP contribution in [0.1, 0.15) is 51.6 Å². The summed E-state index contributed by atoms with van der Waals surface area (Å²) in [7, 11) is 0. The van der Waals surface area contributed by atoms with E-state index in [0.29, 0.717) is 23.8 Å². The van der Waals surface area contributed by atoms with E-state index in [2.05, 4.69) is 6.92 Å². The Morgan fingerprint density at radius 2 is 2.04 bits per heavy atom. The Labute approximate surface area is 155 Å². The van der Waals surface area contributed by atoms with E-state index < -0.39 is 6.10 Å². The number of rotatable bonds is 4. The molecule has 1 fully saturated rings. The minimum Gasteiger partial charge on any atom is -0.478 e. The maximum atomic E-state index is 12.9. The molecule has 2 atom stereocenters. The van der Waals surface area contributed by atoms with E-state index in [0.717, 1.165) is 31.5 Å². The smallest absolute Gasteiger partial charge is 0.268 e. The highest BCUT2D eigenvalue weighted by Crippen LogP contribution is 2.36. The second kappa shape index (κ2) is 7.66. The number of nitrogens with two attached hydrogens (primary N) is 1. The van der Waals surface area contributed by atoms with Crippen molar-refractivity contribution in [1.29, 1.82) is 0 Å². The molecule has 0 radical (unpaired) electrons. The van der Waals surface area contributed by atoms with E-state index in [9.17, 15) is 9.59 Å². The molecule has 0 aliphatic carbocycles. The topological polar surface area (TPSA) is 75.9 Å². The van der Waals surface area contributed by atoms with Crippen LogP contribution in [0, 0.1) is 5.92 Å². The minimum atomic E-state index is -0.544. The van der Waals surface area contributed by atoms with Crippen molar-refractivity contribution in [2.75, 3.05) is 24.5 Å². The van der Waals surface area contributed by atoms with Gasteiger partial charge in [-0.25, -0.2) is 0 Å². The molecule has 6 nitrogen and oxygen atoms in total. The Kier molecular flexibility index (Phi) is 5.51. The molecule has 0 saturated carbocycles. The quantitative estimate of drug-likeness (QED) is 0.896. The summed E-state index contributed by atoms with van der Waals surface area (Å²) in [4.78, 5) is 29.1. The number of nitrogens with zero attached hydrogens (tertiary/aromatic N) is 2. The third-order valence-electron chi connectivity index (χ3n) is 5.41. The van der Waals surface area contributed by atoms with Crippen LogP contribution in [0.5, 0.6) is 5.75 Å². The first-order valence-electron chi connectivity index (χ1n) is 9.56. The third kappa shape index (κ3) is 3.70. The predicted octanol–water partition coefficient (Wildman–Crippen LogP) is 2.47. The van der Waals surface area contributed by atoms with E-state index in [1.165, 1.54) is 0 Å². The molecule has 1 aromatic rings. The summed E-state index contributed by atoms with van der Waals surface area (Å²) in [5, 5.41) is 0. The van der Waals surface area contributed by atoms with Crippen LogP contribution >= 0.6 is 0 Å². The highest BCUT2D eigenvalue weighted by Gasteiger charge is 2.35. The fourth-order valence-electron chi connectivity index (χ4n) is 3.54. The Bertz CT molecular complexity index is 681. The van der Waals surface area contributed by atoms with Crippen molar-refractivity contribution < 1.29 is 14.3 Å². The maximum Gasteiger partial charge on any atom is 0.268 e. The molecule has 2 amide bonds. The molecule has 1 saturated heterocycles. The van der Waals surface area contributed by atoms with Crippen molar-refractivity contribution in [3.05, 3.63) is 23.8 Å². The van der Waals surface area contributed by atoms with Gasteiger partial charge in [0, 0.05) is 19.1 Å². The molecule has 2 aliphatic heterocycles. The standard InChI is InChI=1S/C20H29N3O3/c1-4-17-20(25)23(12-19(24)22-9-7-13(2)8-10-22)16-11-15(14(3)21)5-6-18(16)26-17/h5-6,11,13-14,17H,4,7-10,12,21H2,1-3H3. The second-order valence-electron chi connectivity index (χ2n) is 7.52. The van der Waals surface area contributed by atoms with Gasteiger partial charge in [-0.3, -0.25) is 14.5 Å². The summed E-state index contributed by atoms with van der Waals surface area (Å²) in [5.74, 6) is 1.14. The van der Waals surface area contributed by atoms with Gasteiger partial charge >= 0.3 is 0 Å². The molecule has 26 heavy (non-hydrogen) atoms. The van der Waals surface area contributed by atoms with Crippen molar-refractivity contribution in [3.8, 4) is 5.75 Å². The zero-order valence-corrected chi connectivity index (χ0v) is 15.9. The number of carbonyl (C=O) groups excluding carboxylic acids is 2. The lowest BCUT2D eigenvalue weighted by Crippen LogP contribution is -2.51. The molecule has 0 aromatic heterocycles. The molecular weight excluding hydrogens is 330 g/mol. The molecule has 2 N–H and O–H groups in total. The molecule has 3 rings (SSSR count). The van der Waals surface area contributed by atoms with Gasteiger partial charge in [-0.15, -0.1) is 0 Å². The summed E-state index contributed by atoms with van der Waals surface area (Å²) in [6.45, 7) is 7.61. The second-order valence-corrected chi connectivity index (χ2v) is 7.52. The molecule has 6 heteroatoms. The van der Waals surface area contributed by atoms with E-state index in [4.69, 9.17) is 10.5 Å². The first kappa shape index (κ1) is 18.7. The Morgan fingerprint density at radius 3 is 2.65 bits per heavy atom. The monoisotopic (exact) mass is 359 g/mol. The number of anilines is 1. The molecule has 1 aromatic carbocycles. The lowest BCUT2D eigenvalue weighted by atomic mass is 9.99. The van der Waals surface area contributed by atoms with Crippen molar-refractivity contribution in [2.24, 2.45) is 11.7 Å². The maximum absolute atomic E-state index is 12.9. The van der Waals surface area contributed by atoms with E-state index in [1.807, 2.05) is 36.9 Å². The van der Waals surface area contributed by atoms with Gasteiger partial charge in [0.25, 0.3) is 5.91 Å². The first-order chi connectivity index (χ1) is 12.4. The van der Waals surface area contributed by atoms with Crippen molar-refractivity contribution >= 4 is 17.5 Å². The lowest BCUT2D eigenvalue weighted by molar-refractivity contribution is -0.134. The molecule has 0 bridgehead atoms. The van der Waals surface area contributed by atoms with Crippen LogP contribution < -0.4 is 15.4 Å². The van der Waals surface area contributed by atoms with Gasteiger partial charge in [0.2, 0.25) is 5.91 Å². The summed E-state index contributed by atoms with van der Waals surface area (Å²) in [6.07, 6.45) is 2.06. The van der Waals surface area contributed by atoms with Crippen LogP contribution in [-0.4, -0.2) is 42.5 Å². The number of hydrogen-bond donors (Lipinski definition) is 1. The Morgan fingerprint density at radius 1 is 1.35 bits per heavy atom. The first-order valence-corrected chi connectivity index (χ1v) is 9.56. The number of carbonyl (C=O) groups is 2. The van der Waals surface area contributed by atoms with Crippen LogP contribution in [-0.2, 0) is 9.59 Å². The average Bonchev–Trinajstić information content (AvgIpc) is 2.63. The van der Waals surface area contributed by atoms with Gasteiger partial charge < -0.3 is 15.4 Å². The molecule has 2 unspecified atom stereocenters. The van der Waals surface area contributed by atoms with Crippen LogP contribution in [0.2, 0.25) is 0 Å². The zero-order chi connectivity index (χ0) is 18.8. The number of ether oxygens (including phenoxy) is 1. The molecular formula is C20H29N3O3. The predicted molar refractivity (Wildman–Crippen MR) is 101 cm³/mol. The van der Waals surface area contributed by atoms with E-state index in [-0.39, 0.29) is 24.4 Å². The van der Waals surface area contributed by atoms with E-state index in [1.54, 1.807) is 4.90 Å². The minimum absolute atomic E-state index is 0.000784. The number of fused-ring (bicyclic) bond motifs is 1. The number of amides is 2. The van der Waals surface area contributed by atoms with Crippen molar-refractivity contribution in [1.82, 2.24) is 4.90 Å². The normalized spacial score (nSPS) is 22.0. The van der Waals surface area contributed by atoms with E-state index >= 15 is 0 Å². The third-order valence-corrected chi connectivity index (χ3v) is 5.41. The number of hydrogen-bond acceptors (Lipinski definition) is 4. The van der Waals surface area contributed by atoms with Crippen LogP contribution in [0.15, 0.2) is 18.2 Å². The SMILES string of the molecule is CCC1Oc2ccc(C(C)N)cc2N(CC(=O)N2CCC(C)CC2)C1=O. The van der Waals surface area contributed by atoms with Crippen LogP contribution in [0.4, 0.5) is 5.69 Å². The fraction of sp³-hybridized carbons (Fsp3) is 0.600. The summed E-state index contributed by atoms with van der Waals surface area (Å²) in [6, 6.07) is 5.48. The largest absolute Gasteiger partial charge is 0.478 e. The summed E-state index contributed by atoms with van der Waals surface area (Å²) in [5.41, 5.74) is 7.55. The van der Waals surface area contributed by atoms with Gasteiger partial charge in [-0.1, -0.05) is 19.9 Å². The number of piperidine rings is 1.